The van der Waals surface area contributed by atoms with Crippen molar-refractivity contribution in [2.75, 3.05) is 0 Å². The highest BCUT2D eigenvalue weighted by Gasteiger charge is 2.32. The Kier molecular flexibility index (Phi) is 8.07. The summed E-state index contributed by atoms with van der Waals surface area (Å²) in [5.41, 5.74) is 2.02. The first-order chi connectivity index (χ1) is 18.4. The summed E-state index contributed by atoms with van der Waals surface area (Å²) in [4.78, 5) is 0. The van der Waals surface area contributed by atoms with Crippen molar-refractivity contribution in [1.29, 1.82) is 0 Å². The van der Waals surface area contributed by atoms with E-state index >= 15 is 8.78 Å². The number of halogens is 4. The minimum absolute atomic E-state index is 0.0518. The Bertz CT molecular complexity index is 1290. The number of allylic oxidation sites excluding steroid dienone is 2. The first-order valence-electron chi connectivity index (χ1n) is 14.0. The van der Waals surface area contributed by atoms with Crippen molar-refractivity contribution >= 4 is 0 Å². The molecule has 3 aromatic carbocycles. The Balaban J connectivity index is 1.26. The summed E-state index contributed by atoms with van der Waals surface area (Å²) in [6.07, 6.45) is 13.6. The van der Waals surface area contributed by atoms with Crippen molar-refractivity contribution < 1.29 is 17.6 Å². The Morgan fingerprint density at radius 2 is 1.08 bits per heavy atom. The van der Waals surface area contributed by atoms with Gasteiger partial charge in [0.2, 0.25) is 0 Å². The van der Waals surface area contributed by atoms with E-state index in [2.05, 4.69) is 19.1 Å². The third-order valence-corrected chi connectivity index (χ3v) is 9.05. The number of rotatable bonds is 5. The minimum atomic E-state index is -0.907. The predicted octanol–water partition coefficient (Wildman–Crippen LogP) is 10.5. The van der Waals surface area contributed by atoms with E-state index in [1.54, 1.807) is 36.4 Å². The molecular formula is C34H36F4. The number of hydrogen-bond donors (Lipinski definition) is 0. The van der Waals surface area contributed by atoms with Gasteiger partial charge in [0.25, 0.3) is 0 Å². The SMILES string of the molecule is C/C=C/C1CCC(C2CCC(c3ccc(-c4ccc(-c5ccc(C)c(F)c5F)cc4)c(F)c3F)CC2)CC1. The van der Waals surface area contributed by atoms with Gasteiger partial charge < -0.3 is 0 Å². The van der Waals surface area contributed by atoms with Crippen LogP contribution < -0.4 is 0 Å². The molecule has 0 N–H and O–H groups in total. The smallest absolute Gasteiger partial charge is 0.166 e. The van der Waals surface area contributed by atoms with E-state index in [0.717, 1.165) is 37.5 Å². The van der Waals surface area contributed by atoms with E-state index < -0.39 is 23.3 Å². The van der Waals surface area contributed by atoms with Crippen LogP contribution in [0.2, 0.25) is 0 Å². The van der Waals surface area contributed by atoms with Gasteiger partial charge in [0.15, 0.2) is 23.3 Å². The topological polar surface area (TPSA) is 0 Å². The van der Waals surface area contributed by atoms with Crippen LogP contribution in [0.4, 0.5) is 17.6 Å². The molecule has 5 rings (SSSR count). The lowest BCUT2D eigenvalue weighted by atomic mass is 9.68. The second kappa shape index (κ2) is 11.5. The summed E-state index contributed by atoms with van der Waals surface area (Å²) < 4.78 is 59.0. The maximum atomic E-state index is 15.3. The van der Waals surface area contributed by atoms with Gasteiger partial charge >= 0.3 is 0 Å². The van der Waals surface area contributed by atoms with Crippen LogP contribution in [0.15, 0.2) is 60.7 Å². The highest BCUT2D eigenvalue weighted by Crippen LogP contribution is 2.45. The number of benzene rings is 3. The molecule has 3 aromatic rings. The molecule has 2 aliphatic carbocycles. The lowest BCUT2D eigenvalue weighted by Gasteiger charge is -2.37. The summed E-state index contributed by atoms with van der Waals surface area (Å²) in [6.45, 7) is 3.60. The number of hydrogen-bond acceptors (Lipinski definition) is 0. The summed E-state index contributed by atoms with van der Waals surface area (Å²) >= 11 is 0. The molecule has 4 heteroatoms. The Labute approximate surface area is 223 Å². The zero-order valence-corrected chi connectivity index (χ0v) is 22.3. The molecule has 38 heavy (non-hydrogen) atoms. The molecule has 2 saturated carbocycles. The van der Waals surface area contributed by atoms with Gasteiger partial charge in [-0.1, -0.05) is 60.7 Å². The second-order valence-electron chi connectivity index (χ2n) is 11.3. The van der Waals surface area contributed by atoms with Gasteiger partial charge in [-0.3, -0.25) is 0 Å². The molecule has 0 radical (unpaired) electrons. The molecule has 0 aromatic heterocycles. The number of aryl methyl sites for hydroxylation is 1. The van der Waals surface area contributed by atoms with E-state index in [0.29, 0.717) is 22.6 Å². The normalized spacial score (nSPS) is 24.2. The highest BCUT2D eigenvalue weighted by molar-refractivity contribution is 5.71. The predicted molar refractivity (Wildman–Crippen MR) is 147 cm³/mol. The van der Waals surface area contributed by atoms with Crippen LogP contribution in [0.1, 0.15) is 75.3 Å². The van der Waals surface area contributed by atoms with E-state index in [-0.39, 0.29) is 22.6 Å². The monoisotopic (exact) mass is 520 g/mol. The van der Waals surface area contributed by atoms with E-state index in [1.165, 1.54) is 44.7 Å². The van der Waals surface area contributed by atoms with Crippen LogP contribution in [0, 0.1) is 47.9 Å². The Morgan fingerprint density at radius 1 is 0.579 bits per heavy atom. The standard InChI is InChI=1S/C34H36F4/c1-3-4-22-6-8-23(9-7-22)24-10-12-25(13-11-24)29-19-20-30(34(38)33(29)37)27-16-14-26(15-17-27)28-18-5-21(2)31(35)32(28)36/h3-5,14-20,22-25H,6-13H2,1-2H3/b4-3+. The van der Waals surface area contributed by atoms with Crippen LogP contribution >= 0.6 is 0 Å². The molecule has 0 aliphatic heterocycles. The fraction of sp³-hybridized carbons (Fsp3) is 0.412. The largest absolute Gasteiger partial charge is 0.203 e. The lowest BCUT2D eigenvalue weighted by Crippen LogP contribution is -2.25. The fourth-order valence-corrected chi connectivity index (χ4v) is 6.78. The summed E-state index contributed by atoms with van der Waals surface area (Å²) in [7, 11) is 0. The van der Waals surface area contributed by atoms with Crippen LogP contribution in [-0.2, 0) is 0 Å². The molecule has 200 valence electrons. The van der Waals surface area contributed by atoms with E-state index in [9.17, 15) is 8.78 Å². The zero-order valence-electron chi connectivity index (χ0n) is 22.3. The van der Waals surface area contributed by atoms with Gasteiger partial charge in [-0.25, -0.2) is 17.6 Å². The third kappa shape index (κ3) is 5.32. The van der Waals surface area contributed by atoms with E-state index in [4.69, 9.17) is 0 Å². The third-order valence-electron chi connectivity index (χ3n) is 9.05. The van der Waals surface area contributed by atoms with Crippen LogP contribution in [0.25, 0.3) is 22.3 Å². The molecule has 2 aliphatic rings. The molecular weight excluding hydrogens is 484 g/mol. The van der Waals surface area contributed by atoms with Crippen LogP contribution in [0.3, 0.4) is 0 Å². The van der Waals surface area contributed by atoms with Crippen molar-refractivity contribution in [2.24, 2.45) is 17.8 Å². The van der Waals surface area contributed by atoms with E-state index in [1.807, 2.05) is 0 Å². The molecule has 0 saturated heterocycles. The second-order valence-corrected chi connectivity index (χ2v) is 11.3. The quantitative estimate of drug-likeness (QED) is 0.232. The molecule has 0 atom stereocenters. The Morgan fingerprint density at radius 3 is 1.63 bits per heavy atom. The first kappa shape index (κ1) is 26.7. The van der Waals surface area contributed by atoms with Gasteiger partial charge in [-0.05, 0) is 111 Å². The van der Waals surface area contributed by atoms with Gasteiger partial charge in [-0.2, -0.15) is 0 Å². The van der Waals surface area contributed by atoms with Crippen molar-refractivity contribution in [3.8, 4) is 22.3 Å². The van der Waals surface area contributed by atoms with Crippen LogP contribution in [0.5, 0.6) is 0 Å². The molecule has 2 fully saturated rings. The Hall–Kier alpha value is -2.88. The molecule has 0 spiro atoms. The molecule has 0 amide bonds. The average Bonchev–Trinajstić information content (AvgIpc) is 2.94. The van der Waals surface area contributed by atoms with Gasteiger partial charge in [0.1, 0.15) is 0 Å². The maximum Gasteiger partial charge on any atom is 0.166 e. The highest BCUT2D eigenvalue weighted by atomic mass is 19.2. The van der Waals surface area contributed by atoms with Crippen molar-refractivity contribution in [1.82, 2.24) is 0 Å². The summed E-state index contributed by atoms with van der Waals surface area (Å²) in [6, 6.07) is 12.9. The fourth-order valence-electron chi connectivity index (χ4n) is 6.78. The first-order valence-corrected chi connectivity index (χ1v) is 14.0. The molecule has 0 unspecified atom stereocenters. The van der Waals surface area contributed by atoms with Crippen molar-refractivity contribution in [3.63, 3.8) is 0 Å². The van der Waals surface area contributed by atoms with Gasteiger partial charge in [-0.15, -0.1) is 0 Å². The summed E-state index contributed by atoms with van der Waals surface area (Å²) in [5.74, 6) is -1.12. The van der Waals surface area contributed by atoms with Gasteiger partial charge in [0.05, 0.1) is 0 Å². The van der Waals surface area contributed by atoms with Crippen LogP contribution in [-0.4, -0.2) is 0 Å². The summed E-state index contributed by atoms with van der Waals surface area (Å²) in [5, 5.41) is 0. The van der Waals surface area contributed by atoms with Crippen molar-refractivity contribution in [2.45, 2.75) is 71.1 Å². The maximum absolute atomic E-state index is 15.3. The lowest BCUT2D eigenvalue weighted by molar-refractivity contribution is 0.170. The minimum Gasteiger partial charge on any atom is -0.203 e. The molecule has 0 heterocycles. The molecule has 0 nitrogen and oxygen atoms in total. The average molecular weight is 521 g/mol. The molecule has 0 bridgehead atoms. The zero-order chi connectivity index (χ0) is 26.8. The van der Waals surface area contributed by atoms with Crippen molar-refractivity contribution in [3.05, 3.63) is 95.1 Å². The van der Waals surface area contributed by atoms with Gasteiger partial charge in [0, 0.05) is 11.1 Å².